The van der Waals surface area contributed by atoms with Crippen LogP contribution in [0.3, 0.4) is 0 Å². The van der Waals surface area contributed by atoms with Gasteiger partial charge < -0.3 is 0 Å². The number of allylic oxidation sites excluding steroid dienone is 2. The van der Waals surface area contributed by atoms with Gasteiger partial charge in [-0.3, -0.25) is 4.55 Å². The van der Waals surface area contributed by atoms with Gasteiger partial charge in [0.1, 0.15) is 0 Å². The van der Waals surface area contributed by atoms with Gasteiger partial charge in [-0.05, 0) is 44.9 Å². The Kier molecular flexibility index (Phi) is 6.91. The van der Waals surface area contributed by atoms with Crippen molar-refractivity contribution in [2.75, 3.05) is 5.75 Å². The van der Waals surface area contributed by atoms with Crippen molar-refractivity contribution < 1.29 is 13.0 Å². The lowest BCUT2D eigenvalue weighted by Gasteiger charge is -2.18. The molecule has 0 amide bonds. The first kappa shape index (κ1) is 15.7. The summed E-state index contributed by atoms with van der Waals surface area (Å²) in [7, 11) is -3.80. The fourth-order valence-corrected chi connectivity index (χ4v) is 2.21. The third kappa shape index (κ3) is 8.92. The Morgan fingerprint density at radius 3 is 2.12 bits per heavy atom. The molecule has 0 saturated carbocycles. The zero-order chi connectivity index (χ0) is 12.8. The molecule has 0 aliphatic carbocycles. The van der Waals surface area contributed by atoms with Crippen LogP contribution in [0.4, 0.5) is 0 Å². The maximum Gasteiger partial charge on any atom is 0.264 e. The molecule has 0 fully saturated rings. The van der Waals surface area contributed by atoms with Gasteiger partial charge in [-0.2, -0.15) is 8.42 Å². The molecule has 0 aromatic rings. The van der Waals surface area contributed by atoms with Crippen molar-refractivity contribution in [2.45, 2.75) is 47.0 Å². The van der Waals surface area contributed by atoms with Crippen LogP contribution in [-0.4, -0.2) is 18.7 Å². The SMILES string of the molecule is CC(C)=CCC[C@H](C)[C@H](C)CCS(=O)(=O)O. The molecule has 3 nitrogen and oxygen atoms in total. The number of hydrogen-bond donors (Lipinski definition) is 1. The smallest absolute Gasteiger partial charge is 0.264 e. The van der Waals surface area contributed by atoms with E-state index in [0.29, 0.717) is 18.3 Å². The Hall–Kier alpha value is -0.350. The molecular formula is C12H24O3S. The Labute approximate surface area is 99.7 Å². The molecule has 0 saturated heterocycles. The molecule has 0 bridgehead atoms. The first-order valence-electron chi connectivity index (χ1n) is 5.81. The Balaban J connectivity index is 3.90. The quantitative estimate of drug-likeness (QED) is 0.555. The Morgan fingerprint density at radius 2 is 1.69 bits per heavy atom. The van der Waals surface area contributed by atoms with Crippen molar-refractivity contribution in [3.63, 3.8) is 0 Å². The van der Waals surface area contributed by atoms with Gasteiger partial charge in [-0.15, -0.1) is 0 Å². The molecule has 0 heterocycles. The van der Waals surface area contributed by atoms with E-state index in [9.17, 15) is 8.42 Å². The molecule has 16 heavy (non-hydrogen) atoms. The van der Waals surface area contributed by atoms with Crippen LogP contribution in [0.1, 0.15) is 47.0 Å². The maximum atomic E-state index is 10.6. The third-order valence-electron chi connectivity index (χ3n) is 2.98. The first-order valence-corrected chi connectivity index (χ1v) is 7.42. The van der Waals surface area contributed by atoms with Gasteiger partial charge in [0.05, 0.1) is 5.75 Å². The molecule has 0 radical (unpaired) electrons. The molecular weight excluding hydrogens is 224 g/mol. The fourth-order valence-electron chi connectivity index (χ4n) is 1.54. The maximum absolute atomic E-state index is 10.6. The molecule has 4 heteroatoms. The van der Waals surface area contributed by atoms with Crippen LogP contribution < -0.4 is 0 Å². The lowest BCUT2D eigenvalue weighted by molar-refractivity contribution is 0.354. The molecule has 0 aliphatic rings. The average Bonchev–Trinajstić information content (AvgIpc) is 2.12. The van der Waals surface area contributed by atoms with Crippen molar-refractivity contribution in [1.82, 2.24) is 0 Å². The molecule has 0 spiro atoms. The molecule has 2 atom stereocenters. The number of rotatable bonds is 7. The zero-order valence-corrected chi connectivity index (χ0v) is 11.5. The van der Waals surface area contributed by atoms with Crippen LogP contribution in [0.2, 0.25) is 0 Å². The van der Waals surface area contributed by atoms with E-state index < -0.39 is 10.1 Å². The third-order valence-corrected chi connectivity index (χ3v) is 3.73. The minimum atomic E-state index is -3.80. The summed E-state index contributed by atoms with van der Waals surface area (Å²) >= 11 is 0. The highest BCUT2D eigenvalue weighted by Crippen LogP contribution is 2.21. The van der Waals surface area contributed by atoms with E-state index in [4.69, 9.17) is 4.55 Å². The summed E-state index contributed by atoms with van der Waals surface area (Å²) in [5.74, 6) is 0.686. The van der Waals surface area contributed by atoms with Gasteiger partial charge in [0, 0.05) is 0 Å². The lowest BCUT2D eigenvalue weighted by atomic mass is 9.89. The van der Waals surface area contributed by atoms with Crippen molar-refractivity contribution in [1.29, 1.82) is 0 Å². The van der Waals surface area contributed by atoms with Gasteiger partial charge in [0.2, 0.25) is 0 Å². The van der Waals surface area contributed by atoms with E-state index in [1.807, 2.05) is 6.92 Å². The molecule has 0 rings (SSSR count). The number of hydrogen-bond acceptors (Lipinski definition) is 2. The summed E-state index contributed by atoms with van der Waals surface area (Å²) in [6.45, 7) is 8.32. The van der Waals surface area contributed by atoms with Crippen LogP contribution in [0.15, 0.2) is 11.6 Å². The highest BCUT2D eigenvalue weighted by Gasteiger charge is 2.14. The summed E-state index contributed by atoms with van der Waals surface area (Å²) < 4.78 is 29.9. The Morgan fingerprint density at radius 1 is 1.19 bits per heavy atom. The summed E-state index contributed by atoms with van der Waals surface area (Å²) in [4.78, 5) is 0. The normalized spacial score (nSPS) is 15.6. The predicted molar refractivity (Wildman–Crippen MR) is 68.0 cm³/mol. The van der Waals surface area contributed by atoms with Crippen LogP contribution in [0.25, 0.3) is 0 Å². The summed E-state index contributed by atoms with van der Waals surface area (Å²) in [5, 5.41) is 0. The largest absolute Gasteiger partial charge is 0.286 e. The van der Waals surface area contributed by atoms with E-state index in [1.165, 1.54) is 5.57 Å². The second-order valence-corrected chi connectivity index (χ2v) is 6.46. The van der Waals surface area contributed by atoms with Gasteiger partial charge in [-0.1, -0.05) is 25.5 Å². The lowest BCUT2D eigenvalue weighted by Crippen LogP contribution is -2.14. The zero-order valence-electron chi connectivity index (χ0n) is 10.7. The van der Waals surface area contributed by atoms with E-state index >= 15 is 0 Å². The van der Waals surface area contributed by atoms with Crippen molar-refractivity contribution in [2.24, 2.45) is 11.8 Å². The highest BCUT2D eigenvalue weighted by molar-refractivity contribution is 7.85. The van der Waals surface area contributed by atoms with Gasteiger partial charge in [0.15, 0.2) is 0 Å². The van der Waals surface area contributed by atoms with Gasteiger partial charge in [-0.25, -0.2) is 0 Å². The molecule has 0 unspecified atom stereocenters. The van der Waals surface area contributed by atoms with Crippen LogP contribution in [0, 0.1) is 11.8 Å². The van der Waals surface area contributed by atoms with Crippen LogP contribution in [0.5, 0.6) is 0 Å². The predicted octanol–water partition coefficient (Wildman–Crippen LogP) is 3.28. The van der Waals surface area contributed by atoms with Crippen LogP contribution in [-0.2, 0) is 10.1 Å². The fraction of sp³-hybridized carbons (Fsp3) is 0.833. The summed E-state index contributed by atoms with van der Waals surface area (Å²) in [6, 6.07) is 0. The second-order valence-electron chi connectivity index (χ2n) is 4.89. The van der Waals surface area contributed by atoms with Gasteiger partial charge >= 0.3 is 0 Å². The Bertz CT molecular complexity index is 313. The minimum absolute atomic E-state index is 0.124. The molecule has 0 aromatic heterocycles. The van der Waals surface area contributed by atoms with Crippen molar-refractivity contribution in [3.05, 3.63) is 11.6 Å². The average molecular weight is 248 g/mol. The molecule has 96 valence electrons. The van der Waals surface area contributed by atoms with Crippen LogP contribution >= 0.6 is 0 Å². The monoisotopic (exact) mass is 248 g/mol. The molecule has 1 N–H and O–H groups in total. The topological polar surface area (TPSA) is 54.4 Å². The van der Waals surface area contributed by atoms with Crippen molar-refractivity contribution in [3.8, 4) is 0 Å². The standard InChI is InChI=1S/C12H24O3S/c1-10(2)6-5-7-11(3)12(4)8-9-16(13,14)15/h6,11-12H,5,7-9H2,1-4H3,(H,13,14,15)/t11-,12+/m0/s1. The van der Waals surface area contributed by atoms with E-state index in [-0.39, 0.29) is 5.75 Å². The summed E-state index contributed by atoms with van der Waals surface area (Å²) in [5.41, 5.74) is 1.32. The minimum Gasteiger partial charge on any atom is -0.286 e. The highest BCUT2D eigenvalue weighted by atomic mass is 32.2. The molecule has 0 aromatic carbocycles. The summed E-state index contributed by atoms with van der Waals surface area (Å²) in [6.07, 6.45) is 4.85. The first-order chi connectivity index (χ1) is 7.22. The van der Waals surface area contributed by atoms with Crippen molar-refractivity contribution >= 4 is 10.1 Å². The van der Waals surface area contributed by atoms with Gasteiger partial charge in [0.25, 0.3) is 10.1 Å². The molecule has 0 aliphatic heterocycles. The second kappa shape index (κ2) is 7.07. The van der Waals surface area contributed by atoms with E-state index in [1.54, 1.807) is 0 Å². The van der Waals surface area contributed by atoms with E-state index in [2.05, 4.69) is 26.8 Å². The van der Waals surface area contributed by atoms with E-state index in [0.717, 1.165) is 12.8 Å².